The SMILES string of the molecule is COc1ccc(Br)cc1S.OC1CCC1. The Morgan fingerprint density at radius 2 is 2.07 bits per heavy atom. The molecule has 1 N–H and O–H groups in total. The first-order valence-electron chi connectivity index (χ1n) is 4.84. The smallest absolute Gasteiger partial charge is 0.132 e. The number of methoxy groups -OCH3 is 1. The van der Waals surface area contributed by atoms with Crippen LogP contribution in [0.25, 0.3) is 0 Å². The van der Waals surface area contributed by atoms with Crippen molar-refractivity contribution in [1.29, 1.82) is 0 Å². The third-order valence-corrected chi connectivity index (χ3v) is 3.06. The van der Waals surface area contributed by atoms with Crippen molar-refractivity contribution in [3.05, 3.63) is 22.7 Å². The molecule has 0 unspecified atom stereocenters. The molecule has 1 aromatic rings. The minimum atomic E-state index is 0.0648. The number of rotatable bonds is 1. The van der Waals surface area contributed by atoms with Gasteiger partial charge in [0.15, 0.2) is 0 Å². The van der Waals surface area contributed by atoms with E-state index in [1.165, 1.54) is 6.42 Å². The summed E-state index contributed by atoms with van der Waals surface area (Å²) >= 11 is 7.51. The third kappa shape index (κ3) is 4.45. The number of halogens is 1. The lowest BCUT2D eigenvalue weighted by Crippen LogP contribution is -2.15. The minimum Gasteiger partial charge on any atom is -0.496 e. The number of ether oxygens (including phenoxy) is 1. The number of benzene rings is 1. The van der Waals surface area contributed by atoms with E-state index in [-0.39, 0.29) is 6.10 Å². The number of aliphatic hydroxyl groups excluding tert-OH is 1. The van der Waals surface area contributed by atoms with Gasteiger partial charge in [-0.2, -0.15) is 0 Å². The maximum atomic E-state index is 8.45. The summed E-state index contributed by atoms with van der Waals surface area (Å²) in [5.74, 6) is 0.798. The molecule has 4 heteroatoms. The highest BCUT2D eigenvalue weighted by atomic mass is 79.9. The number of hydrogen-bond acceptors (Lipinski definition) is 3. The molecule has 1 fully saturated rings. The number of thiol groups is 1. The molecule has 1 aliphatic carbocycles. The monoisotopic (exact) mass is 290 g/mol. The van der Waals surface area contributed by atoms with Gasteiger partial charge in [-0.05, 0) is 37.5 Å². The van der Waals surface area contributed by atoms with Crippen molar-refractivity contribution in [2.75, 3.05) is 7.11 Å². The summed E-state index contributed by atoms with van der Waals surface area (Å²) in [5.41, 5.74) is 0. The summed E-state index contributed by atoms with van der Waals surface area (Å²) < 4.78 is 6.02. The molecule has 0 aromatic heterocycles. The van der Waals surface area contributed by atoms with E-state index in [4.69, 9.17) is 9.84 Å². The first kappa shape index (κ1) is 12.9. The average Bonchev–Trinajstić information content (AvgIpc) is 2.16. The Hall–Kier alpha value is -0.190. The second kappa shape index (κ2) is 6.40. The number of hydrogen-bond donors (Lipinski definition) is 2. The fraction of sp³-hybridized carbons (Fsp3) is 0.455. The van der Waals surface area contributed by atoms with E-state index in [9.17, 15) is 0 Å². The van der Waals surface area contributed by atoms with Crippen molar-refractivity contribution >= 4 is 28.6 Å². The third-order valence-electron chi connectivity index (χ3n) is 2.22. The molecule has 1 aliphatic rings. The normalized spacial score (nSPS) is 14.9. The molecular formula is C11H15BrO2S. The summed E-state index contributed by atoms with van der Waals surface area (Å²) in [5, 5.41) is 8.45. The van der Waals surface area contributed by atoms with Crippen LogP contribution in [0.5, 0.6) is 5.75 Å². The second-order valence-corrected chi connectivity index (χ2v) is 4.80. The van der Waals surface area contributed by atoms with E-state index in [0.29, 0.717) is 0 Å². The molecule has 0 bridgehead atoms. The zero-order chi connectivity index (χ0) is 11.3. The maximum Gasteiger partial charge on any atom is 0.132 e. The van der Waals surface area contributed by atoms with E-state index in [1.807, 2.05) is 18.2 Å². The van der Waals surface area contributed by atoms with Gasteiger partial charge in [-0.1, -0.05) is 15.9 Å². The Labute approximate surface area is 104 Å². The Bertz CT molecular complexity index is 313. The minimum absolute atomic E-state index is 0.0648. The predicted octanol–water partition coefficient (Wildman–Crippen LogP) is 3.28. The number of aliphatic hydroxyl groups is 1. The van der Waals surface area contributed by atoms with Crippen LogP contribution < -0.4 is 4.74 Å². The lowest BCUT2D eigenvalue weighted by Gasteiger charge is -2.17. The molecule has 0 spiro atoms. The van der Waals surface area contributed by atoms with E-state index in [2.05, 4.69) is 28.6 Å². The van der Waals surface area contributed by atoms with Gasteiger partial charge in [0.25, 0.3) is 0 Å². The lowest BCUT2D eigenvalue weighted by molar-refractivity contribution is 0.0950. The summed E-state index contributed by atoms with van der Waals surface area (Å²) in [6, 6.07) is 5.67. The molecule has 1 aromatic carbocycles. The van der Waals surface area contributed by atoms with Crippen LogP contribution in [-0.4, -0.2) is 18.3 Å². The summed E-state index contributed by atoms with van der Waals surface area (Å²) in [4.78, 5) is 0.844. The molecule has 0 saturated heterocycles. The molecule has 0 aliphatic heterocycles. The molecule has 1 saturated carbocycles. The highest BCUT2D eigenvalue weighted by molar-refractivity contribution is 9.10. The fourth-order valence-corrected chi connectivity index (χ4v) is 1.89. The topological polar surface area (TPSA) is 29.5 Å². The van der Waals surface area contributed by atoms with Crippen molar-refractivity contribution in [2.45, 2.75) is 30.3 Å². The Kier molecular flexibility index (Phi) is 5.50. The van der Waals surface area contributed by atoms with Crippen molar-refractivity contribution in [1.82, 2.24) is 0 Å². The molecule has 0 amide bonds. The molecule has 0 radical (unpaired) electrons. The highest BCUT2D eigenvalue weighted by Gasteiger charge is 2.11. The molecule has 2 nitrogen and oxygen atoms in total. The largest absolute Gasteiger partial charge is 0.496 e. The van der Waals surface area contributed by atoms with Gasteiger partial charge in [-0.25, -0.2) is 0 Å². The summed E-state index contributed by atoms with van der Waals surface area (Å²) in [6.07, 6.45) is 3.39. The molecular weight excluding hydrogens is 276 g/mol. The van der Waals surface area contributed by atoms with Crippen molar-refractivity contribution in [3.8, 4) is 5.75 Å². The van der Waals surface area contributed by atoms with Crippen LogP contribution in [0, 0.1) is 0 Å². The molecule has 2 rings (SSSR count). The average molecular weight is 291 g/mol. The van der Waals surface area contributed by atoms with E-state index in [0.717, 1.165) is 28.0 Å². The van der Waals surface area contributed by atoms with Crippen molar-refractivity contribution in [3.63, 3.8) is 0 Å². The standard InChI is InChI=1S/C7H7BrOS.C4H8O/c1-9-6-3-2-5(8)4-7(6)10;5-4-2-1-3-4/h2-4,10H,1H3;4-5H,1-3H2. The zero-order valence-electron chi connectivity index (χ0n) is 8.61. The quantitative estimate of drug-likeness (QED) is 0.778. The Balaban J connectivity index is 0.000000187. The van der Waals surface area contributed by atoms with Gasteiger partial charge in [0.2, 0.25) is 0 Å². The van der Waals surface area contributed by atoms with Crippen LogP contribution in [-0.2, 0) is 0 Å². The van der Waals surface area contributed by atoms with Crippen LogP contribution >= 0.6 is 28.6 Å². The first-order valence-corrected chi connectivity index (χ1v) is 6.08. The van der Waals surface area contributed by atoms with Crippen LogP contribution in [0.2, 0.25) is 0 Å². The van der Waals surface area contributed by atoms with Gasteiger partial charge < -0.3 is 9.84 Å². The van der Waals surface area contributed by atoms with Crippen LogP contribution in [0.4, 0.5) is 0 Å². The van der Waals surface area contributed by atoms with E-state index in [1.54, 1.807) is 7.11 Å². The maximum absolute atomic E-state index is 8.45. The second-order valence-electron chi connectivity index (χ2n) is 3.40. The Morgan fingerprint density at radius 1 is 1.47 bits per heavy atom. The van der Waals surface area contributed by atoms with Gasteiger partial charge >= 0.3 is 0 Å². The van der Waals surface area contributed by atoms with Gasteiger partial charge in [-0.15, -0.1) is 12.6 Å². The van der Waals surface area contributed by atoms with Crippen molar-refractivity contribution in [2.24, 2.45) is 0 Å². The van der Waals surface area contributed by atoms with Crippen molar-refractivity contribution < 1.29 is 9.84 Å². The van der Waals surface area contributed by atoms with Gasteiger partial charge in [0.05, 0.1) is 13.2 Å². The van der Waals surface area contributed by atoms with E-state index >= 15 is 0 Å². The van der Waals surface area contributed by atoms with Crippen LogP contribution in [0.1, 0.15) is 19.3 Å². The molecule has 0 heterocycles. The predicted molar refractivity (Wildman–Crippen MR) is 67.8 cm³/mol. The van der Waals surface area contributed by atoms with Gasteiger partial charge in [0, 0.05) is 9.37 Å². The van der Waals surface area contributed by atoms with E-state index < -0.39 is 0 Å². The zero-order valence-corrected chi connectivity index (χ0v) is 11.1. The fourth-order valence-electron chi connectivity index (χ4n) is 1.05. The van der Waals surface area contributed by atoms with Crippen LogP contribution in [0.3, 0.4) is 0 Å². The molecule has 15 heavy (non-hydrogen) atoms. The molecule has 84 valence electrons. The first-order chi connectivity index (χ1) is 7.13. The Morgan fingerprint density at radius 3 is 2.40 bits per heavy atom. The molecule has 0 atom stereocenters. The highest BCUT2D eigenvalue weighted by Crippen LogP contribution is 2.25. The van der Waals surface area contributed by atoms with Crippen LogP contribution in [0.15, 0.2) is 27.6 Å². The van der Waals surface area contributed by atoms with Gasteiger partial charge in [-0.3, -0.25) is 0 Å². The lowest BCUT2D eigenvalue weighted by atomic mass is 9.97. The van der Waals surface area contributed by atoms with Gasteiger partial charge in [0.1, 0.15) is 5.75 Å². The summed E-state index contributed by atoms with van der Waals surface area (Å²) in [6.45, 7) is 0. The summed E-state index contributed by atoms with van der Waals surface area (Å²) in [7, 11) is 1.63.